The number of amides is 1. The molecule has 1 amide bonds. The summed E-state index contributed by atoms with van der Waals surface area (Å²) in [5.41, 5.74) is 2.34. The first-order valence-corrected chi connectivity index (χ1v) is 11.0. The lowest BCUT2D eigenvalue weighted by atomic mass is 10.0. The molecule has 2 aromatic heterocycles. The van der Waals surface area contributed by atoms with Gasteiger partial charge in [0, 0.05) is 32.4 Å². The van der Waals surface area contributed by atoms with Gasteiger partial charge in [-0.25, -0.2) is 4.98 Å². The minimum Gasteiger partial charge on any atom is -0.495 e. The number of benzene rings is 1. The zero-order valence-electron chi connectivity index (χ0n) is 18.7. The third-order valence-corrected chi connectivity index (χ3v) is 6.31. The molecule has 0 bridgehead atoms. The molecule has 0 radical (unpaired) electrons. The highest BCUT2D eigenvalue weighted by molar-refractivity contribution is 5.79. The van der Waals surface area contributed by atoms with E-state index in [1.54, 1.807) is 25.4 Å². The van der Waals surface area contributed by atoms with E-state index in [-0.39, 0.29) is 18.1 Å². The summed E-state index contributed by atoms with van der Waals surface area (Å²) in [6, 6.07) is 11.5. The molecule has 2 aliphatic heterocycles. The number of fused-ring (bicyclic) bond motifs is 1. The van der Waals surface area contributed by atoms with E-state index >= 15 is 0 Å². The van der Waals surface area contributed by atoms with E-state index in [1.165, 1.54) is 11.0 Å². The van der Waals surface area contributed by atoms with Gasteiger partial charge in [0.05, 0.1) is 37.8 Å². The Bertz CT molecular complexity index is 1190. The number of morpholine rings is 1. The number of aromatic nitrogens is 5. The van der Waals surface area contributed by atoms with E-state index in [4.69, 9.17) is 9.47 Å². The van der Waals surface area contributed by atoms with Gasteiger partial charge in [-0.2, -0.15) is 9.94 Å². The van der Waals surface area contributed by atoms with Crippen molar-refractivity contribution in [3.05, 3.63) is 59.5 Å². The molecule has 2 fully saturated rings. The zero-order valence-corrected chi connectivity index (χ0v) is 18.7. The van der Waals surface area contributed by atoms with Crippen LogP contribution in [0.1, 0.15) is 22.8 Å². The van der Waals surface area contributed by atoms with Crippen LogP contribution in [0.25, 0.3) is 5.82 Å². The van der Waals surface area contributed by atoms with Crippen LogP contribution in [0.3, 0.4) is 0 Å². The first-order valence-electron chi connectivity index (χ1n) is 11.0. The van der Waals surface area contributed by atoms with Crippen LogP contribution < -0.4 is 4.74 Å². The van der Waals surface area contributed by atoms with E-state index in [0.717, 1.165) is 24.2 Å². The molecular formula is C23H24N8O3. The Kier molecular flexibility index (Phi) is 6.16. The maximum Gasteiger partial charge on any atom is 0.227 e. The first kappa shape index (κ1) is 21.9. The molecule has 2 atom stereocenters. The minimum atomic E-state index is -0.0927. The summed E-state index contributed by atoms with van der Waals surface area (Å²) in [6.07, 6.45) is 3.36. The van der Waals surface area contributed by atoms with Crippen LogP contribution in [0, 0.1) is 11.3 Å². The van der Waals surface area contributed by atoms with Crippen molar-refractivity contribution in [3.63, 3.8) is 0 Å². The summed E-state index contributed by atoms with van der Waals surface area (Å²) in [6.45, 7) is 3.39. The van der Waals surface area contributed by atoms with Crippen LogP contribution in [0.2, 0.25) is 0 Å². The predicted octanol–water partition coefficient (Wildman–Crippen LogP) is 0.764. The zero-order chi connectivity index (χ0) is 23.5. The smallest absolute Gasteiger partial charge is 0.227 e. The second-order valence-corrected chi connectivity index (χ2v) is 8.34. The molecule has 0 aliphatic carbocycles. The van der Waals surface area contributed by atoms with Gasteiger partial charge in [0.2, 0.25) is 5.91 Å². The molecule has 5 rings (SSSR count). The Hall–Kier alpha value is -3.88. The average Bonchev–Trinajstić information content (AvgIpc) is 3.43. The standard InChI is InChI=1S/C23H24N8O3/c1-33-20-9-17(3-4-18(20)10-24)21-13-29-6-7-30(12-19(29)14-34-21)23(32)8-16-2-5-22(25-11-16)31-15-26-27-28-31/h2-5,9,11,15,19,21H,6-8,12-14H2,1H3/t19-,21-/m0/s1. The number of methoxy groups -OCH3 is 1. The highest BCUT2D eigenvalue weighted by atomic mass is 16.5. The number of rotatable bonds is 5. The molecule has 4 heterocycles. The van der Waals surface area contributed by atoms with Gasteiger partial charge in [-0.3, -0.25) is 9.69 Å². The number of carbonyl (C=O) groups excluding carboxylic acids is 1. The Labute approximate surface area is 196 Å². The normalized spacial score (nSPS) is 20.4. The number of tetrazole rings is 1. The lowest BCUT2D eigenvalue weighted by molar-refractivity contribution is -0.139. The molecule has 11 heteroatoms. The van der Waals surface area contributed by atoms with E-state index < -0.39 is 0 Å². The first-order chi connectivity index (χ1) is 16.6. The Morgan fingerprint density at radius 1 is 1.26 bits per heavy atom. The topological polar surface area (TPSA) is 122 Å². The molecule has 0 spiro atoms. The quantitative estimate of drug-likeness (QED) is 0.543. The van der Waals surface area contributed by atoms with Gasteiger partial charge >= 0.3 is 0 Å². The highest BCUT2D eigenvalue weighted by Gasteiger charge is 2.35. The molecular weight excluding hydrogens is 436 g/mol. The molecule has 34 heavy (non-hydrogen) atoms. The fraction of sp³-hybridized carbons (Fsp3) is 0.391. The number of hydrogen-bond acceptors (Lipinski definition) is 9. The van der Waals surface area contributed by atoms with Crippen LogP contribution in [-0.4, -0.2) is 86.8 Å². The van der Waals surface area contributed by atoms with Crippen molar-refractivity contribution >= 4 is 5.91 Å². The third-order valence-electron chi connectivity index (χ3n) is 6.31. The molecule has 1 aromatic carbocycles. The van der Waals surface area contributed by atoms with E-state index in [0.29, 0.717) is 43.2 Å². The molecule has 174 valence electrons. The maximum absolute atomic E-state index is 12.9. The van der Waals surface area contributed by atoms with Crippen LogP contribution in [0.5, 0.6) is 5.75 Å². The maximum atomic E-state index is 12.9. The molecule has 0 unspecified atom stereocenters. The number of ether oxygens (including phenoxy) is 2. The van der Waals surface area contributed by atoms with Crippen molar-refractivity contribution in [2.75, 3.05) is 39.9 Å². The molecule has 2 saturated heterocycles. The van der Waals surface area contributed by atoms with Gasteiger partial charge in [0.25, 0.3) is 0 Å². The second kappa shape index (κ2) is 9.54. The van der Waals surface area contributed by atoms with E-state index in [9.17, 15) is 10.1 Å². The number of nitriles is 1. The average molecular weight is 460 g/mol. The Balaban J connectivity index is 1.17. The summed E-state index contributed by atoms with van der Waals surface area (Å²) in [7, 11) is 1.56. The fourth-order valence-electron chi connectivity index (χ4n) is 4.42. The van der Waals surface area contributed by atoms with Crippen molar-refractivity contribution in [1.29, 1.82) is 5.26 Å². The SMILES string of the molecule is COc1cc([C@@H]2CN3CCN(C(=O)Cc4ccc(-n5cnnn5)nc4)C[C@H]3CO2)ccc1C#N. The predicted molar refractivity (Wildman–Crippen MR) is 119 cm³/mol. The van der Waals surface area contributed by atoms with Gasteiger partial charge in [0.15, 0.2) is 5.82 Å². The number of hydrogen-bond donors (Lipinski definition) is 0. The van der Waals surface area contributed by atoms with E-state index in [1.807, 2.05) is 23.1 Å². The number of pyridine rings is 1. The summed E-state index contributed by atoms with van der Waals surface area (Å²) in [5, 5.41) is 20.2. The van der Waals surface area contributed by atoms with Crippen molar-refractivity contribution < 1.29 is 14.3 Å². The van der Waals surface area contributed by atoms with Crippen molar-refractivity contribution in [2.24, 2.45) is 0 Å². The third kappa shape index (κ3) is 4.46. The van der Waals surface area contributed by atoms with Gasteiger partial charge in [-0.1, -0.05) is 12.1 Å². The monoisotopic (exact) mass is 460 g/mol. The molecule has 11 nitrogen and oxygen atoms in total. The lowest BCUT2D eigenvalue weighted by Crippen LogP contribution is -2.59. The van der Waals surface area contributed by atoms with Crippen molar-refractivity contribution in [1.82, 2.24) is 35.0 Å². The number of piperazine rings is 1. The van der Waals surface area contributed by atoms with Crippen molar-refractivity contribution in [2.45, 2.75) is 18.6 Å². The second-order valence-electron chi connectivity index (χ2n) is 8.34. The molecule has 0 N–H and O–H groups in total. The summed E-state index contributed by atoms with van der Waals surface area (Å²) < 4.78 is 13.0. The van der Waals surface area contributed by atoms with Gasteiger partial charge < -0.3 is 14.4 Å². The van der Waals surface area contributed by atoms with Gasteiger partial charge in [-0.05, 0) is 39.8 Å². The Morgan fingerprint density at radius 3 is 2.91 bits per heavy atom. The van der Waals surface area contributed by atoms with Crippen LogP contribution in [0.15, 0.2) is 42.9 Å². The van der Waals surface area contributed by atoms with Crippen LogP contribution in [0.4, 0.5) is 0 Å². The molecule has 3 aromatic rings. The fourth-order valence-corrected chi connectivity index (χ4v) is 4.42. The minimum absolute atomic E-state index is 0.0792. The van der Waals surface area contributed by atoms with Crippen molar-refractivity contribution in [3.8, 4) is 17.6 Å². The Morgan fingerprint density at radius 2 is 2.18 bits per heavy atom. The molecule has 0 saturated carbocycles. The van der Waals surface area contributed by atoms with Gasteiger partial charge in [0.1, 0.15) is 18.1 Å². The summed E-state index contributed by atoms with van der Waals surface area (Å²) >= 11 is 0. The van der Waals surface area contributed by atoms with Crippen LogP contribution in [-0.2, 0) is 16.0 Å². The highest BCUT2D eigenvalue weighted by Crippen LogP contribution is 2.30. The lowest BCUT2D eigenvalue weighted by Gasteiger charge is -2.46. The molecule has 2 aliphatic rings. The number of nitrogens with zero attached hydrogens (tertiary/aromatic N) is 8. The summed E-state index contributed by atoms with van der Waals surface area (Å²) in [5.74, 6) is 1.24. The summed E-state index contributed by atoms with van der Waals surface area (Å²) in [4.78, 5) is 21.6. The number of carbonyl (C=O) groups is 1. The van der Waals surface area contributed by atoms with Gasteiger partial charge in [-0.15, -0.1) is 5.10 Å². The largest absolute Gasteiger partial charge is 0.495 e. The van der Waals surface area contributed by atoms with E-state index in [2.05, 4.69) is 31.5 Å². The van der Waals surface area contributed by atoms with Crippen LogP contribution >= 0.6 is 0 Å².